The first-order valence-corrected chi connectivity index (χ1v) is 6.45. The highest BCUT2D eigenvalue weighted by atomic mass is 16.5. The molecule has 0 radical (unpaired) electrons. The average Bonchev–Trinajstić information content (AvgIpc) is 2.48. The highest BCUT2D eigenvalue weighted by Gasteiger charge is 2.07. The number of aryl methyl sites for hydroxylation is 1. The van der Waals surface area contributed by atoms with Crippen molar-refractivity contribution in [3.05, 3.63) is 64.6 Å². The smallest absolute Gasteiger partial charge is 0.255 e. The molecule has 0 aliphatic rings. The number of H-pyrrole nitrogens is 1. The Kier molecular flexibility index (Phi) is 3.03. The Hall–Kier alpha value is -2.55. The zero-order valence-electron chi connectivity index (χ0n) is 11.4. The molecule has 0 saturated carbocycles. The number of aromatic nitrogens is 1. The van der Waals surface area contributed by atoms with Gasteiger partial charge in [0.2, 0.25) is 0 Å². The van der Waals surface area contributed by atoms with Gasteiger partial charge in [-0.05, 0) is 36.1 Å². The van der Waals surface area contributed by atoms with Gasteiger partial charge in [-0.2, -0.15) is 0 Å². The third kappa shape index (κ3) is 2.07. The van der Waals surface area contributed by atoms with Crippen molar-refractivity contribution in [2.45, 2.75) is 6.92 Å². The van der Waals surface area contributed by atoms with Gasteiger partial charge in [-0.1, -0.05) is 29.8 Å². The summed E-state index contributed by atoms with van der Waals surface area (Å²) in [5, 5.41) is 1.68. The van der Waals surface area contributed by atoms with Crippen LogP contribution in [0.25, 0.3) is 21.9 Å². The minimum absolute atomic E-state index is 0.0581. The van der Waals surface area contributed by atoms with Crippen LogP contribution in [-0.4, -0.2) is 12.1 Å². The lowest BCUT2D eigenvalue weighted by atomic mass is 9.99. The fourth-order valence-electron chi connectivity index (χ4n) is 2.38. The maximum Gasteiger partial charge on any atom is 0.255 e. The van der Waals surface area contributed by atoms with E-state index in [4.69, 9.17) is 4.74 Å². The number of aromatic amines is 1. The minimum atomic E-state index is -0.0581. The SMILES string of the molecule is COc1ccc(-c2c[nH]c(=O)c3ccc(C)cc23)cc1. The summed E-state index contributed by atoms with van der Waals surface area (Å²) in [4.78, 5) is 14.7. The van der Waals surface area contributed by atoms with Crippen LogP contribution in [0.15, 0.2) is 53.5 Å². The van der Waals surface area contributed by atoms with E-state index in [1.54, 1.807) is 13.3 Å². The lowest BCUT2D eigenvalue weighted by Gasteiger charge is -2.08. The van der Waals surface area contributed by atoms with Gasteiger partial charge >= 0.3 is 0 Å². The second-order valence-electron chi connectivity index (χ2n) is 4.81. The predicted molar refractivity (Wildman–Crippen MR) is 81.3 cm³/mol. The molecule has 3 rings (SSSR count). The van der Waals surface area contributed by atoms with Crippen LogP contribution in [0.1, 0.15) is 5.56 Å². The summed E-state index contributed by atoms with van der Waals surface area (Å²) in [6.07, 6.45) is 1.77. The molecular weight excluding hydrogens is 250 g/mol. The van der Waals surface area contributed by atoms with E-state index in [1.807, 2.05) is 49.4 Å². The monoisotopic (exact) mass is 265 g/mol. The molecule has 1 heterocycles. The molecule has 0 saturated heterocycles. The Morgan fingerprint density at radius 2 is 1.75 bits per heavy atom. The molecular formula is C17H15NO2. The predicted octanol–water partition coefficient (Wildman–Crippen LogP) is 3.51. The Labute approximate surface area is 116 Å². The Morgan fingerprint density at radius 3 is 2.45 bits per heavy atom. The van der Waals surface area contributed by atoms with Gasteiger partial charge < -0.3 is 9.72 Å². The van der Waals surface area contributed by atoms with Crippen LogP contribution in [-0.2, 0) is 0 Å². The van der Waals surface area contributed by atoms with E-state index in [0.29, 0.717) is 5.39 Å². The highest BCUT2D eigenvalue weighted by Crippen LogP contribution is 2.28. The van der Waals surface area contributed by atoms with Crippen LogP contribution in [0.2, 0.25) is 0 Å². The van der Waals surface area contributed by atoms with Crippen LogP contribution >= 0.6 is 0 Å². The van der Waals surface area contributed by atoms with Gasteiger partial charge in [0, 0.05) is 17.1 Å². The van der Waals surface area contributed by atoms with E-state index < -0.39 is 0 Å². The van der Waals surface area contributed by atoms with Crippen LogP contribution in [0.3, 0.4) is 0 Å². The molecule has 0 aliphatic heterocycles. The number of nitrogens with one attached hydrogen (secondary N) is 1. The molecule has 0 atom stereocenters. The maximum atomic E-state index is 11.9. The molecule has 0 fully saturated rings. The summed E-state index contributed by atoms with van der Waals surface area (Å²) in [6, 6.07) is 13.7. The van der Waals surface area contributed by atoms with Crippen molar-refractivity contribution in [1.29, 1.82) is 0 Å². The lowest BCUT2D eigenvalue weighted by Crippen LogP contribution is -2.05. The molecule has 1 N–H and O–H groups in total. The van der Waals surface area contributed by atoms with Crippen molar-refractivity contribution in [2.75, 3.05) is 7.11 Å². The second-order valence-corrected chi connectivity index (χ2v) is 4.81. The van der Waals surface area contributed by atoms with Crippen LogP contribution in [0.4, 0.5) is 0 Å². The third-order valence-electron chi connectivity index (χ3n) is 3.46. The van der Waals surface area contributed by atoms with Gasteiger partial charge in [0.15, 0.2) is 0 Å². The molecule has 3 heteroatoms. The standard InChI is InChI=1S/C17H15NO2/c1-11-3-8-14-15(9-11)16(10-18-17(14)19)12-4-6-13(20-2)7-5-12/h3-10H,1-2H3,(H,18,19). The van der Waals surface area contributed by atoms with E-state index in [-0.39, 0.29) is 5.56 Å². The molecule has 3 nitrogen and oxygen atoms in total. The number of fused-ring (bicyclic) bond motifs is 1. The zero-order valence-corrected chi connectivity index (χ0v) is 11.4. The Balaban J connectivity index is 2.27. The average molecular weight is 265 g/mol. The van der Waals surface area contributed by atoms with E-state index in [0.717, 1.165) is 27.8 Å². The topological polar surface area (TPSA) is 42.1 Å². The van der Waals surface area contributed by atoms with Crippen LogP contribution in [0, 0.1) is 6.92 Å². The number of hydrogen-bond donors (Lipinski definition) is 1. The van der Waals surface area contributed by atoms with Crippen molar-refractivity contribution in [3.8, 4) is 16.9 Å². The molecule has 3 aromatic rings. The Bertz CT molecular complexity index is 817. The van der Waals surface area contributed by atoms with Gasteiger partial charge in [-0.3, -0.25) is 4.79 Å². The highest BCUT2D eigenvalue weighted by molar-refractivity contribution is 5.96. The maximum absolute atomic E-state index is 11.9. The third-order valence-corrected chi connectivity index (χ3v) is 3.46. The molecule has 0 spiro atoms. The second kappa shape index (κ2) is 4.85. The van der Waals surface area contributed by atoms with Crippen molar-refractivity contribution >= 4 is 10.8 Å². The number of benzene rings is 2. The largest absolute Gasteiger partial charge is 0.497 e. The van der Waals surface area contributed by atoms with E-state index in [1.165, 1.54) is 0 Å². The summed E-state index contributed by atoms with van der Waals surface area (Å²) in [6.45, 7) is 2.03. The number of hydrogen-bond acceptors (Lipinski definition) is 2. The van der Waals surface area contributed by atoms with Gasteiger partial charge in [-0.25, -0.2) is 0 Å². The normalized spacial score (nSPS) is 10.7. The van der Waals surface area contributed by atoms with E-state index >= 15 is 0 Å². The van der Waals surface area contributed by atoms with Gasteiger partial charge in [0.25, 0.3) is 5.56 Å². The molecule has 0 unspecified atom stereocenters. The minimum Gasteiger partial charge on any atom is -0.497 e. The fourth-order valence-corrected chi connectivity index (χ4v) is 2.38. The van der Waals surface area contributed by atoms with Crippen molar-refractivity contribution in [3.63, 3.8) is 0 Å². The molecule has 0 aliphatic carbocycles. The first-order chi connectivity index (χ1) is 9.69. The number of pyridine rings is 1. The molecule has 20 heavy (non-hydrogen) atoms. The molecule has 1 aromatic heterocycles. The van der Waals surface area contributed by atoms with Crippen molar-refractivity contribution in [2.24, 2.45) is 0 Å². The lowest BCUT2D eigenvalue weighted by molar-refractivity contribution is 0.415. The first-order valence-electron chi connectivity index (χ1n) is 6.45. The van der Waals surface area contributed by atoms with Gasteiger partial charge in [-0.15, -0.1) is 0 Å². The molecule has 0 bridgehead atoms. The number of methoxy groups -OCH3 is 1. The summed E-state index contributed by atoms with van der Waals surface area (Å²) >= 11 is 0. The van der Waals surface area contributed by atoms with E-state index in [2.05, 4.69) is 4.98 Å². The molecule has 0 amide bonds. The Morgan fingerprint density at radius 1 is 1.00 bits per heavy atom. The first kappa shape index (κ1) is 12.5. The summed E-state index contributed by atoms with van der Waals surface area (Å²) in [7, 11) is 1.65. The van der Waals surface area contributed by atoms with Crippen molar-refractivity contribution in [1.82, 2.24) is 4.98 Å². The van der Waals surface area contributed by atoms with Gasteiger partial charge in [0.05, 0.1) is 7.11 Å². The summed E-state index contributed by atoms with van der Waals surface area (Å²) in [5.41, 5.74) is 3.15. The quantitative estimate of drug-likeness (QED) is 0.770. The summed E-state index contributed by atoms with van der Waals surface area (Å²) in [5.74, 6) is 0.818. The summed E-state index contributed by atoms with van der Waals surface area (Å²) < 4.78 is 5.17. The fraction of sp³-hybridized carbons (Fsp3) is 0.118. The number of ether oxygens (including phenoxy) is 1. The molecule has 100 valence electrons. The number of rotatable bonds is 2. The van der Waals surface area contributed by atoms with Crippen LogP contribution < -0.4 is 10.3 Å². The molecule has 2 aromatic carbocycles. The van der Waals surface area contributed by atoms with Gasteiger partial charge in [0.1, 0.15) is 5.75 Å². The van der Waals surface area contributed by atoms with Crippen molar-refractivity contribution < 1.29 is 4.74 Å². The van der Waals surface area contributed by atoms with E-state index in [9.17, 15) is 4.79 Å². The zero-order chi connectivity index (χ0) is 14.1. The van der Waals surface area contributed by atoms with Crippen LogP contribution in [0.5, 0.6) is 5.75 Å².